The van der Waals surface area contributed by atoms with E-state index in [0.717, 1.165) is 5.92 Å². The van der Waals surface area contributed by atoms with Gasteiger partial charge in [-0.15, -0.1) is 0 Å². The van der Waals surface area contributed by atoms with E-state index in [9.17, 15) is 0 Å². The molecule has 0 heteroatoms. The molecule has 0 amide bonds. The summed E-state index contributed by atoms with van der Waals surface area (Å²) in [5, 5.41) is 0. The summed E-state index contributed by atoms with van der Waals surface area (Å²) in [7, 11) is 0. The Hall–Kier alpha value is -0.520. The molecule has 0 saturated heterocycles. The molecule has 0 aromatic heterocycles. The number of rotatable bonds is 0. The maximum atomic E-state index is 2.44. The molecule has 0 nitrogen and oxygen atoms in total. The largest absolute Gasteiger partial charge is 0.0837 e. The Bertz CT molecular complexity index is 234. The SMILES string of the molecule is CC1CCCC2=CC=CCC21C. The van der Waals surface area contributed by atoms with Crippen LogP contribution in [0.5, 0.6) is 0 Å². The van der Waals surface area contributed by atoms with Gasteiger partial charge in [0.05, 0.1) is 0 Å². The molecule has 0 N–H and O–H groups in total. The fraction of sp³-hybridized carbons (Fsp3) is 0.667. The first kappa shape index (κ1) is 8.10. The van der Waals surface area contributed by atoms with Crippen LogP contribution in [0.15, 0.2) is 23.8 Å². The molecule has 1 fully saturated rings. The highest BCUT2D eigenvalue weighted by molar-refractivity contribution is 5.27. The Morgan fingerprint density at radius 2 is 2.33 bits per heavy atom. The van der Waals surface area contributed by atoms with Crippen LogP contribution < -0.4 is 0 Å². The maximum Gasteiger partial charge on any atom is -0.00531 e. The normalized spacial score (nSPS) is 40.5. The molecule has 0 bridgehead atoms. The van der Waals surface area contributed by atoms with Crippen LogP contribution in [-0.4, -0.2) is 0 Å². The summed E-state index contributed by atoms with van der Waals surface area (Å²) in [6, 6.07) is 0. The summed E-state index contributed by atoms with van der Waals surface area (Å²) in [6.07, 6.45) is 12.3. The molecule has 0 aromatic carbocycles. The topological polar surface area (TPSA) is 0 Å². The Balaban J connectivity index is 2.32. The predicted molar refractivity (Wildman–Crippen MR) is 53.0 cm³/mol. The van der Waals surface area contributed by atoms with Crippen molar-refractivity contribution in [1.29, 1.82) is 0 Å². The second kappa shape index (κ2) is 2.76. The molecule has 2 aliphatic rings. The van der Waals surface area contributed by atoms with Crippen molar-refractivity contribution in [1.82, 2.24) is 0 Å². The van der Waals surface area contributed by atoms with Crippen LogP contribution in [0, 0.1) is 11.3 Å². The average molecular weight is 162 g/mol. The van der Waals surface area contributed by atoms with Gasteiger partial charge in [0.1, 0.15) is 0 Å². The van der Waals surface area contributed by atoms with Crippen LogP contribution in [0.1, 0.15) is 39.5 Å². The minimum Gasteiger partial charge on any atom is -0.0837 e. The number of allylic oxidation sites excluding steroid dienone is 4. The molecule has 66 valence electrons. The Morgan fingerprint density at radius 3 is 3.08 bits per heavy atom. The van der Waals surface area contributed by atoms with Crippen molar-refractivity contribution in [3.63, 3.8) is 0 Å². The minimum absolute atomic E-state index is 0.507. The lowest BCUT2D eigenvalue weighted by molar-refractivity contribution is 0.201. The summed E-state index contributed by atoms with van der Waals surface area (Å²) in [5.74, 6) is 0.877. The molecule has 1 saturated carbocycles. The second-order valence-electron chi connectivity index (χ2n) is 4.53. The summed E-state index contributed by atoms with van der Waals surface area (Å²) in [5.41, 5.74) is 2.20. The quantitative estimate of drug-likeness (QED) is 0.509. The monoisotopic (exact) mass is 162 g/mol. The highest BCUT2D eigenvalue weighted by Gasteiger charge is 2.36. The van der Waals surface area contributed by atoms with Gasteiger partial charge in [-0.3, -0.25) is 0 Å². The number of hydrogen-bond acceptors (Lipinski definition) is 0. The highest BCUT2D eigenvalue weighted by atomic mass is 14.4. The molecule has 0 radical (unpaired) electrons. The molecule has 12 heavy (non-hydrogen) atoms. The number of fused-ring (bicyclic) bond motifs is 1. The van der Waals surface area contributed by atoms with Crippen LogP contribution in [0.3, 0.4) is 0 Å². The van der Waals surface area contributed by atoms with E-state index in [4.69, 9.17) is 0 Å². The zero-order valence-corrected chi connectivity index (χ0v) is 8.14. The van der Waals surface area contributed by atoms with Gasteiger partial charge in [0.2, 0.25) is 0 Å². The zero-order valence-electron chi connectivity index (χ0n) is 8.14. The lowest BCUT2D eigenvalue weighted by Crippen LogP contribution is -2.31. The Morgan fingerprint density at radius 1 is 1.50 bits per heavy atom. The van der Waals surface area contributed by atoms with Crippen molar-refractivity contribution in [2.75, 3.05) is 0 Å². The smallest absolute Gasteiger partial charge is 0.00531 e. The third-order valence-electron chi connectivity index (χ3n) is 3.88. The van der Waals surface area contributed by atoms with Crippen molar-refractivity contribution >= 4 is 0 Å². The van der Waals surface area contributed by atoms with Crippen LogP contribution in [0.25, 0.3) is 0 Å². The van der Waals surface area contributed by atoms with Crippen molar-refractivity contribution in [3.05, 3.63) is 23.8 Å². The fourth-order valence-electron chi connectivity index (χ4n) is 2.62. The lowest BCUT2D eigenvalue weighted by Gasteiger charge is -2.43. The average Bonchev–Trinajstić information content (AvgIpc) is 2.07. The van der Waals surface area contributed by atoms with Crippen LogP contribution >= 0.6 is 0 Å². The summed E-state index contributed by atoms with van der Waals surface area (Å²) in [4.78, 5) is 0. The highest BCUT2D eigenvalue weighted by Crippen LogP contribution is 2.48. The second-order valence-corrected chi connectivity index (χ2v) is 4.53. The fourth-order valence-corrected chi connectivity index (χ4v) is 2.62. The van der Waals surface area contributed by atoms with Gasteiger partial charge in [0, 0.05) is 0 Å². The van der Waals surface area contributed by atoms with Gasteiger partial charge in [-0.05, 0) is 37.0 Å². The molecule has 0 aliphatic heterocycles. The van der Waals surface area contributed by atoms with Crippen molar-refractivity contribution in [3.8, 4) is 0 Å². The van der Waals surface area contributed by atoms with Gasteiger partial charge in [-0.1, -0.05) is 37.6 Å². The van der Waals surface area contributed by atoms with E-state index >= 15 is 0 Å². The molecule has 0 heterocycles. The minimum atomic E-state index is 0.507. The summed E-state index contributed by atoms with van der Waals surface area (Å²) in [6.45, 7) is 4.85. The van der Waals surface area contributed by atoms with E-state index in [2.05, 4.69) is 32.1 Å². The molecular weight excluding hydrogens is 144 g/mol. The third-order valence-corrected chi connectivity index (χ3v) is 3.88. The van der Waals surface area contributed by atoms with Gasteiger partial charge >= 0.3 is 0 Å². The van der Waals surface area contributed by atoms with Crippen LogP contribution in [0.4, 0.5) is 0 Å². The third kappa shape index (κ3) is 1.05. The molecular formula is C12H18. The maximum absolute atomic E-state index is 2.44. The van der Waals surface area contributed by atoms with E-state index in [1.165, 1.54) is 25.7 Å². The Kier molecular flexibility index (Phi) is 1.86. The van der Waals surface area contributed by atoms with E-state index in [1.807, 2.05) is 0 Å². The summed E-state index contributed by atoms with van der Waals surface area (Å²) >= 11 is 0. The first-order valence-electron chi connectivity index (χ1n) is 5.09. The van der Waals surface area contributed by atoms with E-state index < -0.39 is 0 Å². The van der Waals surface area contributed by atoms with Crippen molar-refractivity contribution in [2.45, 2.75) is 39.5 Å². The molecule has 2 unspecified atom stereocenters. The first-order chi connectivity index (χ1) is 5.73. The molecule has 0 spiro atoms. The molecule has 0 aromatic rings. The molecule has 2 rings (SSSR count). The lowest BCUT2D eigenvalue weighted by atomic mass is 9.62. The van der Waals surface area contributed by atoms with Crippen molar-refractivity contribution in [2.24, 2.45) is 11.3 Å². The van der Waals surface area contributed by atoms with Gasteiger partial charge in [-0.25, -0.2) is 0 Å². The van der Waals surface area contributed by atoms with Gasteiger partial charge < -0.3 is 0 Å². The van der Waals surface area contributed by atoms with Gasteiger partial charge in [-0.2, -0.15) is 0 Å². The van der Waals surface area contributed by atoms with E-state index in [-0.39, 0.29) is 0 Å². The van der Waals surface area contributed by atoms with Crippen LogP contribution in [0.2, 0.25) is 0 Å². The zero-order chi connectivity index (χ0) is 8.60. The standard InChI is InChI=1S/C12H18/c1-10-6-5-8-11-7-3-4-9-12(10,11)2/h3-4,7,10H,5-6,8-9H2,1-2H3. The van der Waals surface area contributed by atoms with Gasteiger partial charge in [0.15, 0.2) is 0 Å². The van der Waals surface area contributed by atoms with E-state index in [1.54, 1.807) is 5.57 Å². The first-order valence-corrected chi connectivity index (χ1v) is 5.09. The molecule has 2 atom stereocenters. The van der Waals surface area contributed by atoms with Gasteiger partial charge in [0.25, 0.3) is 0 Å². The molecule has 2 aliphatic carbocycles. The Labute approximate surface area is 75.4 Å². The predicted octanol–water partition coefficient (Wildman–Crippen LogP) is 3.70. The van der Waals surface area contributed by atoms with Crippen LogP contribution in [-0.2, 0) is 0 Å². The van der Waals surface area contributed by atoms with Crippen molar-refractivity contribution < 1.29 is 0 Å². The number of hydrogen-bond donors (Lipinski definition) is 0. The van der Waals surface area contributed by atoms with E-state index in [0.29, 0.717) is 5.41 Å². The summed E-state index contributed by atoms with van der Waals surface area (Å²) < 4.78 is 0.